The van der Waals surface area contributed by atoms with Crippen LogP contribution in [-0.2, 0) is 10.2 Å². The van der Waals surface area contributed by atoms with Crippen molar-refractivity contribution >= 4 is 11.9 Å². The monoisotopic (exact) mass is 358 g/mol. The Balaban J connectivity index is 1.81. The number of carbonyl (C=O) groups is 1. The molecule has 0 radical (unpaired) electrons. The smallest absolute Gasteiger partial charge is 0.221 e. The van der Waals surface area contributed by atoms with Gasteiger partial charge in [-0.3, -0.25) is 9.79 Å². The van der Waals surface area contributed by atoms with Gasteiger partial charge >= 0.3 is 0 Å². The minimum atomic E-state index is -0.0382. The van der Waals surface area contributed by atoms with E-state index < -0.39 is 0 Å². The Hall–Kier alpha value is -2.04. The lowest BCUT2D eigenvalue weighted by Crippen LogP contribution is -2.41. The summed E-state index contributed by atoms with van der Waals surface area (Å²) in [5.41, 5.74) is 1.24. The van der Waals surface area contributed by atoms with Gasteiger partial charge in [-0.25, -0.2) is 0 Å². The highest BCUT2D eigenvalue weighted by atomic mass is 16.1. The minimum Gasteiger partial charge on any atom is -0.357 e. The molecule has 1 aromatic rings. The lowest BCUT2D eigenvalue weighted by atomic mass is 9.85. The second-order valence-electron chi connectivity index (χ2n) is 7.67. The van der Waals surface area contributed by atoms with Gasteiger partial charge < -0.3 is 16.0 Å². The van der Waals surface area contributed by atoms with Gasteiger partial charge in [0.15, 0.2) is 5.96 Å². The van der Waals surface area contributed by atoms with E-state index in [0.717, 1.165) is 25.3 Å². The SMILES string of the molecule is CCNC(=NCC(C)(C)c1ccccc1)NCCC(=O)NC1CCCC1. The van der Waals surface area contributed by atoms with Gasteiger partial charge in [0.2, 0.25) is 5.91 Å². The average Bonchev–Trinajstić information content (AvgIpc) is 3.13. The molecule has 0 heterocycles. The summed E-state index contributed by atoms with van der Waals surface area (Å²) in [6.45, 7) is 8.52. The fourth-order valence-corrected chi connectivity index (χ4v) is 3.26. The molecule has 1 aliphatic carbocycles. The van der Waals surface area contributed by atoms with Gasteiger partial charge in [-0.15, -0.1) is 0 Å². The zero-order valence-corrected chi connectivity index (χ0v) is 16.5. The predicted molar refractivity (Wildman–Crippen MR) is 108 cm³/mol. The molecule has 0 aromatic heterocycles. The van der Waals surface area contributed by atoms with Crippen LogP contribution >= 0.6 is 0 Å². The van der Waals surface area contributed by atoms with E-state index in [1.165, 1.54) is 18.4 Å². The van der Waals surface area contributed by atoms with Crippen molar-refractivity contribution in [2.75, 3.05) is 19.6 Å². The predicted octanol–water partition coefficient (Wildman–Crippen LogP) is 2.97. The highest BCUT2D eigenvalue weighted by molar-refractivity contribution is 5.81. The van der Waals surface area contributed by atoms with Crippen LogP contribution in [0.4, 0.5) is 0 Å². The molecule has 3 N–H and O–H groups in total. The Morgan fingerprint density at radius 1 is 1.15 bits per heavy atom. The second-order valence-corrected chi connectivity index (χ2v) is 7.67. The Labute approximate surface area is 158 Å². The number of carbonyl (C=O) groups excluding carboxylic acids is 1. The van der Waals surface area contributed by atoms with E-state index in [1.807, 2.05) is 13.0 Å². The maximum Gasteiger partial charge on any atom is 0.221 e. The van der Waals surface area contributed by atoms with Gasteiger partial charge in [0.1, 0.15) is 0 Å². The lowest BCUT2D eigenvalue weighted by Gasteiger charge is -2.24. The van der Waals surface area contributed by atoms with Gasteiger partial charge in [0.05, 0.1) is 6.54 Å². The van der Waals surface area contributed by atoms with Crippen molar-refractivity contribution in [3.63, 3.8) is 0 Å². The van der Waals surface area contributed by atoms with E-state index in [2.05, 4.69) is 54.1 Å². The molecule has 0 unspecified atom stereocenters. The molecule has 2 rings (SSSR count). The molecule has 1 amide bonds. The molecule has 5 heteroatoms. The number of hydrogen-bond acceptors (Lipinski definition) is 2. The minimum absolute atomic E-state index is 0.0382. The lowest BCUT2D eigenvalue weighted by molar-refractivity contribution is -0.121. The Bertz CT molecular complexity index is 577. The molecule has 1 aliphatic rings. The van der Waals surface area contributed by atoms with Crippen molar-refractivity contribution in [1.29, 1.82) is 0 Å². The van der Waals surface area contributed by atoms with Crippen LogP contribution in [-0.4, -0.2) is 37.5 Å². The molecule has 1 aromatic carbocycles. The number of rotatable bonds is 8. The van der Waals surface area contributed by atoms with E-state index in [4.69, 9.17) is 4.99 Å². The molecular weight excluding hydrogens is 324 g/mol. The quantitative estimate of drug-likeness (QED) is 0.494. The van der Waals surface area contributed by atoms with E-state index in [1.54, 1.807) is 0 Å². The number of benzene rings is 1. The first-order chi connectivity index (χ1) is 12.5. The van der Waals surface area contributed by atoms with Gasteiger partial charge in [0, 0.05) is 31.0 Å². The van der Waals surface area contributed by atoms with Gasteiger partial charge in [-0.2, -0.15) is 0 Å². The number of nitrogens with one attached hydrogen (secondary N) is 3. The first-order valence-corrected chi connectivity index (χ1v) is 9.88. The number of nitrogens with zero attached hydrogens (tertiary/aromatic N) is 1. The van der Waals surface area contributed by atoms with E-state index >= 15 is 0 Å². The van der Waals surface area contributed by atoms with Crippen molar-refractivity contribution in [2.24, 2.45) is 4.99 Å². The summed E-state index contributed by atoms with van der Waals surface area (Å²) >= 11 is 0. The Kier molecular flexibility index (Phi) is 7.95. The molecule has 0 saturated heterocycles. The third kappa shape index (κ3) is 6.70. The zero-order valence-electron chi connectivity index (χ0n) is 16.5. The largest absolute Gasteiger partial charge is 0.357 e. The summed E-state index contributed by atoms with van der Waals surface area (Å²) in [5.74, 6) is 0.898. The van der Waals surface area contributed by atoms with Gasteiger partial charge in [0.25, 0.3) is 0 Å². The summed E-state index contributed by atoms with van der Waals surface area (Å²) in [6, 6.07) is 10.8. The standard InChI is InChI=1S/C21H34N4O/c1-4-22-20(23-15-14-19(26)25-18-12-8-9-13-18)24-16-21(2,3)17-10-6-5-7-11-17/h5-7,10-11,18H,4,8-9,12-16H2,1-3H3,(H,25,26)(H2,22,23,24). The Morgan fingerprint density at radius 3 is 2.50 bits per heavy atom. The summed E-state index contributed by atoms with van der Waals surface area (Å²) in [5, 5.41) is 9.66. The fraction of sp³-hybridized carbons (Fsp3) is 0.619. The summed E-state index contributed by atoms with van der Waals surface area (Å²) in [4.78, 5) is 16.8. The summed E-state index contributed by atoms with van der Waals surface area (Å²) in [6.07, 6.45) is 5.19. The number of amides is 1. The van der Waals surface area contributed by atoms with Crippen LogP contribution in [0.5, 0.6) is 0 Å². The maximum absolute atomic E-state index is 12.0. The normalized spacial score (nSPS) is 15.7. The first-order valence-electron chi connectivity index (χ1n) is 9.88. The van der Waals surface area contributed by atoms with Gasteiger partial charge in [-0.05, 0) is 25.3 Å². The van der Waals surface area contributed by atoms with Crippen LogP contribution in [0.1, 0.15) is 58.4 Å². The third-order valence-electron chi connectivity index (χ3n) is 4.90. The van der Waals surface area contributed by atoms with Gasteiger partial charge in [-0.1, -0.05) is 57.0 Å². The van der Waals surface area contributed by atoms with Crippen LogP contribution in [0.2, 0.25) is 0 Å². The molecular formula is C21H34N4O. The van der Waals surface area contributed by atoms with Crippen molar-refractivity contribution < 1.29 is 4.79 Å². The molecule has 144 valence electrons. The van der Waals surface area contributed by atoms with Crippen molar-refractivity contribution in [3.8, 4) is 0 Å². The molecule has 26 heavy (non-hydrogen) atoms. The van der Waals surface area contributed by atoms with Crippen molar-refractivity contribution in [3.05, 3.63) is 35.9 Å². The highest BCUT2D eigenvalue weighted by Crippen LogP contribution is 2.23. The van der Waals surface area contributed by atoms with E-state index in [0.29, 0.717) is 25.6 Å². The van der Waals surface area contributed by atoms with E-state index in [-0.39, 0.29) is 11.3 Å². The molecule has 0 atom stereocenters. The molecule has 0 aliphatic heterocycles. The highest BCUT2D eigenvalue weighted by Gasteiger charge is 2.20. The molecule has 0 bridgehead atoms. The van der Waals surface area contributed by atoms with Crippen molar-refractivity contribution in [2.45, 2.75) is 64.3 Å². The van der Waals surface area contributed by atoms with E-state index in [9.17, 15) is 4.79 Å². The maximum atomic E-state index is 12.0. The third-order valence-corrected chi connectivity index (χ3v) is 4.90. The number of hydrogen-bond donors (Lipinski definition) is 3. The second kappa shape index (κ2) is 10.2. The topological polar surface area (TPSA) is 65.5 Å². The first kappa shape index (κ1) is 20.3. The molecule has 1 fully saturated rings. The summed E-state index contributed by atoms with van der Waals surface area (Å²) in [7, 11) is 0. The van der Waals surface area contributed by atoms with Crippen LogP contribution in [0.15, 0.2) is 35.3 Å². The molecule has 5 nitrogen and oxygen atoms in total. The zero-order chi connectivity index (χ0) is 18.8. The Morgan fingerprint density at radius 2 is 1.85 bits per heavy atom. The molecule has 0 spiro atoms. The van der Waals surface area contributed by atoms with Crippen LogP contribution in [0, 0.1) is 0 Å². The van der Waals surface area contributed by atoms with Crippen LogP contribution in [0.3, 0.4) is 0 Å². The fourth-order valence-electron chi connectivity index (χ4n) is 3.26. The van der Waals surface area contributed by atoms with Crippen LogP contribution < -0.4 is 16.0 Å². The number of aliphatic imine (C=N–C) groups is 1. The average molecular weight is 359 g/mol. The van der Waals surface area contributed by atoms with Crippen molar-refractivity contribution in [1.82, 2.24) is 16.0 Å². The summed E-state index contributed by atoms with van der Waals surface area (Å²) < 4.78 is 0. The number of guanidine groups is 1. The molecule has 1 saturated carbocycles. The van der Waals surface area contributed by atoms with Crippen LogP contribution in [0.25, 0.3) is 0 Å².